The van der Waals surface area contributed by atoms with Crippen LogP contribution in [0.15, 0.2) is 52.6 Å². The fourth-order valence-electron chi connectivity index (χ4n) is 1.38. The van der Waals surface area contributed by atoms with Crippen molar-refractivity contribution in [3.63, 3.8) is 0 Å². The number of pyridine rings is 1. The number of rotatable bonds is 4. The fourth-order valence-corrected chi connectivity index (χ4v) is 2.30. The van der Waals surface area contributed by atoms with Crippen molar-refractivity contribution in [2.45, 2.75) is 11.8 Å². The minimum Gasteiger partial charge on any atom is -0.255 e. The first-order valence-corrected chi connectivity index (χ1v) is 7.49. The molecule has 0 bridgehead atoms. The van der Waals surface area contributed by atoms with E-state index in [0.717, 1.165) is 5.56 Å². The monoisotopic (exact) mass is 310 g/mol. The zero-order valence-electron chi connectivity index (χ0n) is 11.5. The molecule has 20 heavy (non-hydrogen) atoms. The Morgan fingerprint density at radius 3 is 2.70 bits per heavy atom. The van der Waals surface area contributed by atoms with Crippen molar-refractivity contribution in [1.29, 1.82) is 0 Å². The van der Waals surface area contributed by atoms with Crippen LogP contribution in [-0.2, 0) is 10.0 Å². The fraction of sp³-hybridized carbons (Fsp3) is 0.0769. The number of halogens is 1. The van der Waals surface area contributed by atoms with E-state index < -0.39 is 10.0 Å². The van der Waals surface area contributed by atoms with E-state index in [4.69, 9.17) is 13.0 Å². The SMILES string of the molecule is [2H]/C(=N\NS(=O)(=O)c1ccc(C)cc1)c1cc(Cl)ccn1. The van der Waals surface area contributed by atoms with E-state index in [1.54, 1.807) is 18.2 Å². The summed E-state index contributed by atoms with van der Waals surface area (Å²) in [5, 5.41) is 3.92. The summed E-state index contributed by atoms with van der Waals surface area (Å²) in [6, 6.07) is 9.27. The zero-order chi connectivity index (χ0) is 15.5. The van der Waals surface area contributed by atoms with Crippen molar-refractivity contribution in [3.8, 4) is 0 Å². The van der Waals surface area contributed by atoms with Crippen molar-refractivity contribution >= 4 is 27.8 Å². The van der Waals surface area contributed by atoms with Gasteiger partial charge in [-0.1, -0.05) is 29.3 Å². The molecule has 2 aromatic rings. The van der Waals surface area contributed by atoms with Crippen molar-refractivity contribution in [2.75, 3.05) is 0 Å². The van der Waals surface area contributed by atoms with Gasteiger partial charge in [0.1, 0.15) is 0 Å². The number of benzene rings is 1. The maximum atomic E-state index is 12.0. The first kappa shape index (κ1) is 13.1. The van der Waals surface area contributed by atoms with Gasteiger partial charge in [-0.2, -0.15) is 13.5 Å². The maximum Gasteiger partial charge on any atom is 0.276 e. The lowest BCUT2D eigenvalue weighted by atomic mass is 10.2. The molecule has 0 spiro atoms. The molecule has 5 nitrogen and oxygen atoms in total. The largest absolute Gasteiger partial charge is 0.276 e. The van der Waals surface area contributed by atoms with E-state index in [1.165, 1.54) is 24.4 Å². The molecule has 0 atom stereocenters. The summed E-state index contributed by atoms with van der Waals surface area (Å²) in [4.78, 5) is 5.96. The molecular weight excluding hydrogens is 298 g/mol. The van der Waals surface area contributed by atoms with Gasteiger partial charge < -0.3 is 0 Å². The second kappa shape index (κ2) is 6.02. The van der Waals surface area contributed by atoms with Gasteiger partial charge >= 0.3 is 0 Å². The number of sulfonamides is 1. The Morgan fingerprint density at radius 2 is 2.05 bits per heavy atom. The molecule has 0 saturated heterocycles. The Hall–Kier alpha value is -1.92. The molecule has 1 aromatic carbocycles. The summed E-state index contributed by atoms with van der Waals surface area (Å²) in [5.74, 6) is 0. The number of nitrogens with zero attached hydrogens (tertiary/aromatic N) is 2. The van der Waals surface area contributed by atoms with Crippen molar-refractivity contribution in [2.24, 2.45) is 5.10 Å². The molecule has 1 aromatic heterocycles. The molecule has 0 aliphatic heterocycles. The lowest BCUT2D eigenvalue weighted by molar-refractivity contribution is 0.584. The van der Waals surface area contributed by atoms with Gasteiger partial charge in [-0.25, -0.2) is 4.83 Å². The van der Waals surface area contributed by atoms with Crippen LogP contribution in [0.5, 0.6) is 0 Å². The summed E-state index contributed by atoms with van der Waals surface area (Å²) in [5.41, 5.74) is 1.12. The Labute approximate surface area is 123 Å². The average molecular weight is 311 g/mol. The van der Waals surface area contributed by atoms with Gasteiger partial charge in [0.05, 0.1) is 18.2 Å². The predicted molar refractivity (Wildman–Crippen MR) is 78.3 cm³/mol. The van der Waals surface area contributed by atoms with Crippen molar-refractivity contribution in [1.82, 2.24) is 9.82 Å². The van der Waals surface area contributed by atoms with Gasteiger partial charge in [-0.3, -0.25) is 4.98 Å². The van der Waals surface area contributed by atoms with Crippen LogP contribution in [0, 0.1) is 6.92 Å². The van der Waals surface area contributed by atoms with Gasteiger partial charge in [0, 0.05) is 11.2 Å². The molecule has 0 saturated carbocycles. The highest BCUT2D eigenvalue weighted by Gasteiger charge is 2.11. The standard InChI is InChI=1S/C13H12ClN3O2S/c1-10-2-4-13(5-3-10)20(18,19)17-16-9-12-8-11(14)6-7-15-12/h2-9,17H,1H3/b16-9+/i9D. The second-order valence-electron chi connectivity index (χ2n) is 3.99. The van der Waals surface area contributed by atoms with Crippen LogP contribution in [0.4, 0.5) is 0 Å². The first-order chi connectivity index (χ1) is 9.88. The van der Waals surface area contributed by atoms with Crippen LogP contribution in [0.25, 0.3) is 0 Å². The topological polar surface area (TPSA) is 71.4 Å². The Kier molecular flexibility index (Phi) is 3.94. The number of hydrogen-bond acceptors (Lipinski definition) is 4. The second-order valence-corrected chi connectivity index (χ2v) is 6.09. The lowest BCUT2D eigenvalue weighted by Crippen LogP contribution is -2.18. The zero-order valence-corrected chi connectivity index (χ0v) is 12.1. The van der Waals surface area contributed by atoms with Gasteiger partial charge in [-0.15, -0.1) is 0 Å². The number of aryl methyl sites for hydroxylation is 1. The highest BCUT2D eigenvalue weighted by atomic mass is 35.5. The van der Waals surface area contributed by atoms with Crippen LogP contribution in [-0.4, -0.2) is 19.6 Å². The van der Waals surface area contributed by atoms with E-state index >= 15 is 0 Å². The van der Waals surface area contributed by atoms with Gasteiger partial charge in [-0.05, 0) is 31.2 Å². The molecule has 1 N–H and O–H groups in total. The van der Waals surface area contributed by atoms with E-state index in [-0.39, 0.29) is 16.8 Å². The summed E-state index contributed by atoms with van der Waals surface area (Å²) in [6.07, 6.45) is 1.09. The molecule has 7 heteroatoms. The van der Waals surface area contributed by atoms with Gasteiger partial charge in [0.25, 0.3) is 10.0 Å². The van der Waals surface area contributed by atoms with E-state index in [1.807, 2.05) is 11.8 Å². The van der Waals surface area contributed by atoms with Gasteiger partial charge in [0.15, 0.2) is 0 Å². The molecule has 104 valence electrons. The highest BCUT2D eigenvalue weighted by molar-refractivity contribution is 7.89. The summed E-state index contributed by atoms with van der Waals surface area (Å²) in [7, 11) is -3.81. The van der Waals surface area contributed by atoms with E-state index in [0.29, 0.717) is 5.02 Å². The highest BCUT2D eigenvalue weighted by Crippen LogP contribution is 2.10. The Bertz CT molecular complexity index is 776. The van der Waals surface area contributed by atoms with Gasteiger partial charge in [0.2, 0.25) is 0 Å². The third-order valence-electron chi connectivity index (χ3n) is 2.39. The number of nitrogens with one attached hydrogen (secondary N) is 1. The minimum absolute atomic E-state index is 0.0729. The lowest BCUT2D eigenvalue weighted by Gasteiger charge is -2.03. The van der Waals surface area contributed by atoms with E-state index in [2.05, 4.69) is 10.1 Å². The molecule has 0 amide bonds. The minimum atomic E-state index is -3.81. The molecule has 0 aliphatic carbocycles. The van der Waals surface area contributed by atoms with E-state index in [9.17, 15) is 8.42 Å². The molecule has 0 radical (unpaired) electrons. The molecular formula is C13H12ClN3O2S. The third-order valence-corrected chi connectivity index (χ3v) is 3.85. The molecule has 0 unspecified atom stereocenters. The number of aromatic nitrogens is 1. The quantitative estimate of drug-likeness (QED) is 0.696. The third kappa shape index (κ3) is 3.79. The molecule has 2 rings (SSSR count). The van der Waals surface area contributed by atoms with Crippen LogP contribution in [0.1, 0.15) is 12.6 Å². The smallest absolute Gasteiger partial charge is 0.255 e. The van der Waals surface area contributed by atoms with Crippen LogP contribution in [0.3, 0.4) is 0 Å². The van der Waals surface area contributed by atoms with Crippen LogP contribution < -0.4 is 4.83 Å². The van der Waals surface area contributed by atoms with Crippen LogP contribution in [0.2, 0.25) is 5.02 Å². The summed E-state index contributed by atoms with van der Waals surface area (Å²) in [6.45, 7) is 1.86. The van der Waals surface area contributed by atoms with Crippen LogP contribution >= 0.6 is 11.6 Å². The Morgan fingerprint density at radius 1 is 1.35 bits per heavy atom. The van der Waals surface area contributed by atoms with Crippen molar-refractivity contribution in [3.05, 3.63) is 58.9 Å². The number of hydrazone groups is 1. The van der Waals surface area contributed by atoms with Crippen molar-refractivity contribution < 1.29 is 9.79 Å². The molecule has 0 aliphatic rings. The maximum absolute atomic E-state index is 12.0. The molecule has 0 fully saturated rings. The normalized spacial score (nSPS) is 12.9. The Balaban J connectivity index is 2.21. The summed E-state index contributed by atoms with van der Waals surface area (Å²) < 4.78 is 31.7. The molecule has 1 heterocycles. The average Bonchev–Trinajstić information content (AvgIpc) is 2.45. The summed E-state index contributed by atoms with van der Waals surface area (Å²) >= 11 is 5.77. The number of hydrogen-bond donors (Lipinski definition) is 1. The predicted octanol–water partition coefficient (Wildman–Crippen LogP) is 2.36. The first-order valence-electron chi connectivity index (χ1n) is 6.13.